The van der Waals surface area contributed by atoms with E-state index >= 15 is 0 Å². The molecule has 8 aliphatic rings. The van der Waals surface area contributed by atoms with Crippen molar-refractivity contribution >= 4 is 5.78 Å². The third-order valence-corrected chi connectivity index (χ3v) is 20.4. The quantitative estimate of drug-likeness (QED) is 0.225. The molecular formula is C54H90O2. The summed E-state index contributed by atoms with van der Waals surface area (Å²) in [6.45, 7) is 25.1. The molecule has 2 heteroatoms. The van der Waals surface area contributed by atoms with Crippen LogP contribution in [0.1, 0.15) is 210 Å². The summed E-state index contributed by atoms with van der Waals surface area (Å²) in [7, 11) is 0. The summed E-state index contributed by atoms with van der Waals surface area (Å²) in [6.07, 6.45) is 33.7. The number of hydrogen-bond acceptors (Lipinski definition) is 2. The predicted octanol–water partition coefficient (Wildman–Crippen LogP) is 15.0. The zero-order chi connectivity index (χ0) is 40.2. The maximum Gasteiger partial charge on any atom is 0.155 e. The Kier molecular flexibility index (Phi) is 13.0. The van der Waals surface area contributed by atoms with Crippen molar-refractivity contribution < 1.29 is 9.90 Å². The number of carbonyl (C=O) groups is 1. The molecule has 1 N–H and O–H groups in total. The van der Waals surface area contributed by atoms with Gasteiger partial charge in [0.25, 0.3) is 0 Å². The Balaban J connectivity index is 0.000000172. The largest absolute Gasteiger partial charge is 0.393 e. The van der Waals surface area contributed by atoms with E-state index in [1.54, 1.807) is 5.57 Å². The van der Waals surface area contributed by atoms with E-state index in [0.717, 1.165) is 96.7 Å². The van der Waals surface area contributed by atoms with Crippen LogP contribution in [0.5, 0.6) is 0 Å². The molecule has 0 saturated heterocycles. The fourth-order valence-electron chi connectivity index (χ4n) is 17.3. The van der Waals surface area contributed by atoms with Gasteiger partial charge in [-0.3, -0.25) is 4.79 Å². The normalized spacial score (nSPS) is 45.2. The van der Waals surface area contributed by atoms with E-state index in [1.165, 1.54) is 121 Å². The van der Waals surface area contributed by atoms with Crippen LogP contribution < -0.4 is 0 Å². The second kappa shape index (κ2) is 16.9. The highest BCUT2D eigenvalue weighted by Gasteiger charge is 2.61. The first-order valence-electron chi connectivity index (χ1n) is 25.1. The molecule has 8 rings (SSSR count). The summed E-state index contributed by atoms with van der Waals surface area (Å²) in [5.41, 5.74) is 5.04. The van der Waals surface area contributed by atoms with Gasteiger partial charge in [0.05, 0.1) is 6.10 Å². The second-order valence-corrected chi connectivity index (χ2v) is 24.2. The molecule has 2 nitrogen and oxygen atoms in total. The molecule has 0 aromatic heterocycles. The van der Waals surface area contributed by atoms with Crippen LogP contribution in [0.15, 0.2) is 23.3 Å². The molecule has 0 amide bonds. The van der Waals surface area contributed by atoms with Crippen molar-refractivity contribution in [3.63, 3.8) is 0 Å². The Morgan fingerprint density at radius 3 is 1.70 bits per heavy atom. The monoisotopic (exact) mass is 771 g/mol. The number of hydrogen-bond donors (Lipinski definition) is 1. The summed E-state index contributed by atoms with van der Waals surface area (Å²) in [4.78, 5) is 12.0. The molecule has 0 aliphatic heterocycles. The van der Waals surface area contributed by atoms with Crippen molar-refractivity contribution in [2.24, 2.45) is 92.7 Å². The van der Waals surface area contributed by atoms with E-state index in [1.807, 2.05) is 0 Å². The summed E-state index contributed by atoms with van der Waals surface area (Å²) in [6, 6.07) is 0. The lowest BCUT2D eigenvalue weighted by atomic mass is 9.46. The highest BCUT2D eigenvalue weighted by atomic mass is 16.3. The van der Waals surface area contributed by atoms with Gasteiger partial charge in [0.15, 0.2) is 5.78 Å². The van der Waals surface area contributed by atoms with Crippen molar-refractivity contribution in [1.82, 2.24) is 0 Å². The highest BCUT2D eigenvalue weighted by molar-refractivity contribution is 5.91. The van der Waals surface area contributed by atoms with E-state index in [0.29, 0.717) is 27.4 Å². The number of allylic oxidation sites excluding steroid dienone is 2. The number of rotatable bonds is 10. The first-order valence-corrected chi connectivity index (χ1v) is 25.1. The molecule has 15 atom stereocenters. The maximum atomic E-state index is 12.0. The molecule has 0 heterocycles. The van der Waals surface area contributed by atoms with Crippen LogP contribution in [0.2, 0.25) is 0 Å². The third kappa shape index (κ3) is 7.90. The van der Waals surface area contributed by atoms with E-state index in [4.69, 9.17) is 0 Å². The lowest BCUT2D eigenvalue weighted by molar-refractivity contribution is -0.117. The molecule has 0 aromatic rings. The van der Waals surface area contributed by atoms with Crippen LogP contribution in [0.4, 0.5) is 0 Å². The minimum Gasteiger partial charge on any atom is -0.393 e. The third-order valence-electron chi connectivity index (χ3n) is 20.4. The predicted molar refractivity (Wildman–Crippen MR) is 237 cm³/mol. The number of aliphatic hydroxyl groups excluding tert-OH is 1. The summed E-state index contributed by atoms with van der Waals surface area (Å²) < 4.78 is 0. The van der Waals surface area contributed by atoms with E-state index in [-0.39, 0.29) is 6.10 Å². The fraction of sp³-hybridized carbons (Fsp3) is 0.907. The molecule has 0 spiro atoms. The van der Waals surface area contributed by atoms with Crippen LogP contribution in [-0.2, 0) is 4.79 Å². The molecule has 6 saturated carbocycles. The van der Waals surface area contributed by atoms with Gasteiger partial charge in [-0.15, -0.1) is 0 Å². The Bertz CT molecular complexity index is 1440. The molecule has 8 aliphatic carbocycles. The number of fused-ring (bicyclic) bond motifs is 10. The van der Waals surface area contributed by atoms with Gasteiger partial charge < -0.3 is 5.11 Å². The van der Waals surface area contributed by atoms with E-state index in [9.17, 15) is 9.90 Å². The van der Waals surface area contributed by atoms with Gasteiger partial charge in [-0.25, -0.2) is 0 Å². The zero-order valence-electron chi connectivity index (χ0n) is 38.6. The molecule has 6 fully saturated rings. The Hall–Kier alpha value is -0.890. The van der Waals surface area contributed by atoms with Crippen molar-refractivity contribution in [2.45, 2.75) is 217 Å². The molecule has 56 heavy (non-hydrogen) atoms. The Morgan fingerprint density at radius 2 is 1.12 bits per heavy atom. The summed E-state index contributed by atoms with van der Waals surface area (Å²) >= 11 is 0. The van der Waals surface area contributed by atoms with Crippen LogP contribution in [-0.4, -0.2) is 17.0 Å². The van der Waals surface area contributed by atoms with Crippen LogP contribution >= 0.6 is 0 Å². The van der Waals surface area contributed by atoms with Gasteiger partial charge in [0.1, 0.15) is 0 Å². The number of aliphatic hydroxyl groups is 1. The zero-order valence-corrected chi connectivity index (χ0v) is 38.6. The highest BCUT2D eigenvalue weighted by Crippen LogP contribution is 2.69. The first-order chi connectivity index (χ1) is 26.5. The molecular weight excluding hydrogens is 681 g/mol. The summed E-state index contributed by atoms with van der Waals surface area (Å²) in [5.74, 6) is 11.2. The van der Waals surface area contributed by atoms with Crippen LogP contribution in [0.25, 0.3) is 0 Å². The smallest absolute Gasteiger partial charge is 0.155 e. The molecule has 0 unspecified atom stereocenters. The van der Waals surface area contributed by atoms with Crippen molar-refractivity contribution in [2.75, 3.05) is 0 Å². The van der Waals surface area contributed by atoms with Crippen LogP contribution in [0, 0.1) is 92.7 Å². The fourth-order valence-corrected chi connectivity index (χ4v) is 17.3. The van der Waals surface area contributed by atoms with Gasteiger partial charge >= 0.3 is 0 Å². The molecule has 0 radical (unpaired) electrons. The SMILES string of the molecule is CC(C)CCC[C@@H](C)[C@H]1CC[C@H]2[C@@H]3CC=C4C[C@@H](O)CC[C@]4(C)[C@H]3CC[C@]12C.CC(C)CCC[C@@H](C)[C@H]1CC[C@H]2[C@@H]3CCC4=CC(=O)CC[C@]4(C)[C@H]3CC[C@]12C. The first kappa shape index (κ1) is 43.2. The van der Waals surface area contributed by atoms with Gasteiger partial charge in [-0.2, -0.15) is 0 Å². The molecule has 318 valence electrons. The molecule has 0 bridgehead atoms. The van der Waals surface area contributed by atoms with Crippen molar-refractivity contribution in [1.29, 1.82) is 0 Å². The number of carbonyl (C=O) groups excluding carboxylic acids is 1. The Morgan fingerprint density at radius 1 is 0.589 bits per heavy atom. The second-order valence-electron chi connectivity index (χ2n) is 24.2. The maximum absolute atomic E-state index is 12.0. The standard InChI is InChI=1S/C27H46O.C27H44O/c2*1-18(2)7-6-8-19(3)23-11-12-24-22-10-9-20-17-21(28)13-15-26(20,4)25(22)14-16-27(23,24)5/h9,18-19,21-25,28H,6-8,10-17H2,1-5H3;17-19,22-25H,6-16H2,1-5H3/t19-,21+,22+,23-,24+,25+,26+,27-;19-,22+,23-,24+,25+,26+,27-/m11/s1. The summed E-state index contributed by atoms with van der Waals surface area (Å²) in [5, 5.41) is 10.2. The van der Waals surface area contributed by atoms with Gasteiger partial charge in [0.2, 0.25) is 0 Å². The van der Waals surface area contributed by atoms with Crippen molar-refractivity contribution in [3.8, 4) is 0 Å². The topological polar surface area (TPSA) is 37.3 Å². The molecule has 0 aromatic carbocycles. The Labute approximate surface area is 347 Å². The van der Waals surface area contributed by atoms with Gasteiger partial charge in [-0.1, -0.05) is 125 Å². The minimum absolute atomic E-state index is 0.0766. The average Bonchev–Trinajstić information content (AvgIpc) is 3.69. The van der Waals surface area contributed by atoms with Gasteiger partial charge in [0, 0.05) is 6.42 Å². The minimum atomic E-state index is -0.0766. The lowest BCUT2D eigenvalue weighted by Gasteiger charge is -2.58. The number of ketones is 1. The van der Waals surface area contributed by atoms with E-state index in [2.05, 4.69) is 81.4 Å². The van der Waals surface area contributed by atoms with E-state index < -0.39 is 0 Å². The van der Waals surface area contributed by atoms with Crippen LogP contribution in [0.3, 0.4) is 0 Å². The van der Waals surface area contributed by atoms with Crippen molar-refractivity contribution in [3.05, 3.63) is 23.3 Å². The average molecular weight is 771 g/mol. The lowest BCUT2D eigenvalue weighted by Crippen LogP contribution is -2.50. The van der Waals surface area contributed by atoms with Gasteiger partial charge in [-0.05, 0) is 195 Å².